The van der Waals surface area contributed by atoms with E-state index in [4.69, 9.17) is 9.84 Å². The van der Waals surface area contributed by atoms with Gasteiger partial charge in [0.1, 0.15) is 0 Å². The van der Waals surface area contributed by atoms with Crippen molar-refractivity contribution in [3.05, 3.63) is 18.5 Å². The molecule has 0 radical (unpaired) electrons. The molecule has 0 aromatic carbocycles. The topological polar surface area (TPSA) is 50.5 Å². The molecule has 0 bridgehead atoms. The highest BCUT2D eigenvalue weighted by Gasteiger charge is 2.33. The van der Waals surface area contributed by atoms with E-state index >= 15 is 0 Å². The Balaban J connectivity index is 2.04. The molecule has 0 amide bonds. The number of aliphatic hydroxyl groups is 1. The number of nitrogens with zero attached hydrogens (tertiary/aromatic N) is 3. The van der Waals surface area contributed by atoms with Crippen LogP contribution in [0, 0.1) is 0 Å². The second-order valence-electron chi connectivity index (χ2n) is 3.81. The van der Waals surface area contributed by atoms with Gasteiger partial charge < -0.3 is 9.84 Å². The van der Waals surface area contributed by atoms with Crippen molar-refractivity contribution in [2.75, 3.05) is 33.4 Å². The lowest BCUT2D eigenvalue weighted by Crippen LogP contribution is -2.25. The van der Waals surface area contributed by atoms with Gasteiger partial charge in [-0.1, -0.05) is 0 Å². The Hall–Kier alpha value is -0.910. The van der Waals surface area contributed by atoms with Crippen molar-refractivity contribution in [2.45, 2.75) is 12.1 Å². The number of rotatable bonds is 4. The lowest BCUT2D eigenvalue weighted by atomic mass is 10.2. The number of aliphatic hydroxyl groups excluding tert-OH is 1. The molecule has 1 N–H and O–H groups in total. The van der Waals surface area contributed by atoms with E-state index in [-0.39, 0.29) is 18.8 Å². The number of hydrogen-bond donors (Lipinski definition) is 1. The summed E-state index contributed by atoms with van der Waals surface area (Å²) in [4.78, 5) is 2.19. The third kappa shape index (κ3) is 2.19. The Bertz CT molecular complexity index is 289. The molecule has 0 saturated carbocycles. The number of aromatic nitrogens is 2. The molecular formula is C10H17N3O2. The zero-order valence-corrected chi connectivity index (χ0v) is 8.91. The van der Waals surface area contributed by atoms with Crippen molar-refractivity contribution in [1.29, 1.82) is 0 Å². The molecular weight excluding hydrogens is 194 g/mol. The molecule has 0 aliphatic carbocycles. The van der Waals surface area contributed by atoms with Gasteiger partial charge in [-0.25, -0.2) is 0 Å². The van der Waals surface area contributed by atoms with E-state index < -0.39 is 0 Å². The van der Waals surface area contributed by atoms with E-state index in [1.165, 1.54) is 0 Å². The predicted octanol–water partition coefficient (Wildman–Crippen LogP) is -0.253. The lowest BCUT2D eigenvalue weighted by Gasteiger charge is -2.16. The molecule has 1 fully saturated rings. The minimum atomic E-state index is 0.163. The van der Waals surface area contributed by atoms with Gasteiger partial charge in [-0.05, 0) is 6.07 Å². The normalized spacial score (nSPS) is 27.3. The summed E-state index contributed by atoms with van der Waals surface area (Å²) in [6.45, 7) is 2.65. The van der Waals surface area contributed by atoms with Crippen LogP contribution in [0.2, 0.25) is 0 Å². The second kappa shape index (κ2) is 4.74. The Morgan fingerprint density at radius 3 is 3.00 bits per heavy atom. The van der Waals surface area contributed by atoms with E-state index in [1.54, 1.807) is 13.3 Å². The molecule has 0 spiro atoms. The van der Waals surface area contributed by atoms with Crippen LogP contribution in [-0.2, 0) is 4.74 Å². The van der Waals surface area contributed by atoms with E-state index in [0.717, 1.165) is 13.1 Å². The van der Waals surface area contributed by atoms with Gasteiger partial charge in [0.05, 0.1) is 18.8 Å². The van der Waals surface area contributed by atoms with Gasteiger partial charge in [0.25, 0.3) is 0 Å². The smallest absolute Gasteiger partial charge is 0.0934 e. The van der Waals surface area contributed by atoms with Crippen LogP contribution in [0.5, 0.6) is 0 Å². The zero-order valence-electron chi connectivity index (χ0n) is 8.91. The first-order chi connectivity index (χ1) is 7.35. The van der Waals surface area contributed by atoms with E-state index in [0.29, 0.717) is 6.54 Å². The van der Waals surface area contributed by atoms with Gasteiger partial charge in [0.2, 0.25) is 0 Å². The highest BCUT2D eigenvalue weighted by molar-refractivity contribution is 4.92. The molecule has 2 unspecified atom stereocenters. The van der Waals surface area contributed by atoms with E-state index in [9.17, 15) is 0 Å². The maximum absolute atomic E-state index is 8.90. The summed E-state index contributed by atoms with van der Waals surface area (Å²) in [5.41, 5.74) is 0. The number of methoxy groups -OCH3 is 1. The number of β-amino-alcohol motifs (C(OH)–C–C–N with tert-alkyl or cyclic N) is 1. The summed E-state index contributed by atoms with van der Waals surface area (Å²) in [6.07, 6.45) is 3.90. The molecule has 1 aliphatic heterocycles. The maximum atomic E-state index is 8.90. The van der Waals surface area contributed by atoms with Crippen LogP contribution in [-0.4, -0.2) is 59.2 Å². The molecule has 1 saturated heterocycles. The van der Waals surface area contributed by atoms with Gasteiger partial charge in [-0.3, -0.25) is 9.58 Å². The molecule has 5 heteroatoms. The van der Waals surface area contributed by atoms with Crippen LogP contribution < -0.4 is 0 Å². The minimum Gasteiger partial charge on any atom is -0.395 e. The summed E-state index contributed by atoms with van der Waals surface area (Å²) < 4.78 is 7.38. The first kappa shape index (κ1) is 10.6. The average molecular weight is 211 g/mol. The van der Waals surface area contributed by atoms with Crippen LogP contribution in [0.25, 0.3) is 0 Å². The van der Waals surface area contributed by atoms with E-state index in [2.05, 4.69) is 10.00 Å². The molecule has 15 heavy (non-hydrogen) atoms. The van der Waals surface area contributed by atoms with Crippen LogP contribution in [0.3, 0.4) is 0 Å². The third-order valence-electron chi connectivity index (χ3n) is 2.90. The molecule has 2 atom stereocenters. The van der Waals surface area contributed by atoms with Crippen LogP contribution in [0.1, 0.15) is 6.04 Å². The van der Waals surface area contributed by atoms with Crippen molar-refractivity contribution in [3.8, 4) is 0 Å². The Morgan fingerprint density at radius 2 is 2.40 bits per heavy atom. The highest BCUT2D eigenvalue weighted by atomic mass is 16.5. The summed E-state index contributed by atoms with van der Waals surface area (Å²) in [5.74, 6) is 0. The van der Waals surface area contributed by atoms with Crippen molar-refractivity contribution in [1.82, 2.24) is 14.7 Å². The predicted molar refractivity (Wildman–Crippen MR) is 55.6 cm³/mol. The summed E-state index contributed by atoms with van der Waals surface area (Å²) >= 11 is 0. The Labute approximate surface area is 89.3 Å². The second-order valence-corrected chi connectivity index (χ2v) is 3.81. The fraction of sp³-hybridized carbons (Fsp3) is 0.700. The van der Waals surface area contributed by atoms with Crippen LogP contribution in [0.15, 0.2) is 18.5 Å². The fourth-order valence-corrected chi connectivity index (χ4v) is 2.12. The number of hydrogen-bond acceptors (Lipinski definition) is 4. The summed E-state index contributed by atoms with van der Waals surface area (Å²) in [5, 5.41) is 13.1. The van der Waals surface area contributed by atoms with Gasteiger partial charge in [-0.15, -0.1) is 0 Å². The standard InChI is InChI=1S/C10H17N3O2/c1-15-10-8-12(5-6-14)7-9(10)13-4-2-3-11-13/h2-4,9-10,14H,5-8H2,1H3. The quantitative estimate of drug-likeness (QED) is 0.746. The Kier molecular flexibility index (Phi) is 3.35. The monoisotopic (exact) mass is 211 g/mol. The fourth-order valence-electron chi connectivity index (χ4n) is 2.12. The van der Waals surface area contributed by atoms with Crippen molar-refractivity contribution >= 4 is 0 Å². The molecule has 2 heterocycles. The first-order valence-corrected chi connectivity index (χ1v) is 5.20. The summed E-state index contributed by atoms with van der Waals surface area (Å²) in [7, 11) is 1.73. The maximum Gasteiger partial charge on any atom is 0.0934 e. The van der Waals surface area contributed by atoms with Crippen molar-refractivity contribution < 1.29 is 9.84 Å². The van der Waals surface area contributed by atoms with Crippen molar-refractivity contribution in [2.24, 2.45) is 0 Å². The van der Waals surface area contributed by atoms with Crippen LogP contribution >= 0.6 is 0 Å². The Morgan fingerprint density at radius 1 is 1.53 bits per heavy atom. The molecule has 2 rings (SSSR count). The lowest BCUT2D eigenvalue weighted by molar-refractivity contribution is 0.0771. The number of ether oxygens (including phenoxy) is 1. The van der Waals surface area contributed by atoms with E-state index in [1.807, 2.05) is 16.9 Å². The average Bonchev–Trinajstić information content (AvgIpc) is 2.84. The summed E-state index contributed by atoms with van der Waals surface area (Å²) in [6, 6.07) is 2.18. The largest absolute Gasteiger partial charge is 0.395 e. The van der Waals surface area contributed by atoms with Gasteiger partial charge >= 0.3 is 0 Å². The third-order valence-corrected chi connectivity index (χ3v) is 2.90. The van der Waals surface area contributed by atoms with Crippen LogP contribution in [0.4, 0.5) is 0 Å². The first-order valence-electron chi connectivity index (χ1n) is 5.20. The molecule has 1 aliphatic rings. The SMILES string of the molecule is COC1CN(CCO)CC1n1cccn1. The van der Waals surface area contributed by atoms with Gasteiger partial charge in [-0.2, -0.15) is 5.10 Å². The van der Waals surface area contributed by atoms with Gasteiger partial charge in [0.15, 0.2) is 0 Å². The molecule has 1 aromatic rings. The minimum absolute atomic E-state index is 0.163. The molecule has 84 valence electrons. The number of likely N-dealkylation sites (tertiary alicyclic amines) is 1. The highest BCUT2D eigenvalue weighted by Crippen LogP contribution is 2.23. The molecule has 1 aromatic heterocycles. The zero-order chi connectivity index (χ0) is 10.7. The molecule has 5 nitrogen and oxygen atoms in total. The van der Waals surface area contributed by atoms with Gasteiger partial charge in [0, 0.05) is 39.1 Å². The van der Waals surface area contributed by atoms with Crippen molar-refractivity contribution in [3.63, 3.8) is 0 Å².